The second-order valence-corrected chi connectivity index (χ2v) is 9.23. The van der Waals surface area contributed by atoms with Crippen molar-refractivity contribution in [3.8, 4) is 11.1 Å². The number of anilines is 1. The van der Waals surface area contributed by atoms with Crippen molar-refractivity contribution in [1.82, 2.24) is 9.88 Å². The average molecular weight is 435 g/mol. The fraction of sp³-hybridized carbons (Fsp3) is 0.500. The van der Waals surface area contributed by atoms with Gasteiger partial charge in [0.1, 0.15) is 5.82 Å². The highest BCUT2D eigenvalue weighted by Gasteiger charge is 2.24. The number of nitrogens with zero attached hydrogens (tertiary/aromatic N) is 3. The summed E-state index contributed by atoms with van der Waals surface area (Å²) in [6, 6.07) is 11.9. The van der Waals surface area contributed by atoms with Crippen LogP contribution >= 0.6 is 0 Å². The highest BCUT2D eigenvalue weighted by Crippen LogP contribution is 2.28. The lowest BCUT2D eigenvalue weighted by atomic mass is 9.92. The Labute approximate surface area is 190 Å². The Hall–Kier alpha value is -2.89. The molecule has 6 heteroatoms. The summed E-state index contributed by atoms with van der Waals surface area (Å²) in [5.41, 5.74) is 7.82. The zero-order valence-electron chi connectivity index (χ0n) is 18.8. The van der Waals surface area contributed by atoms with E-state index in [1.807, 2.05) is 18.3 Å². The predicted molar refractivity (Wildman–Crippen MR) is 127 cm³/mol. The number of hydrogen-bond acceptors (Lipinski definition) is 4. The fourth-order valence-electron chi connectivity index (χ4n) is 5.17. The Kier molecular flexibility index (Phi) is 7.40. The third-order valence-corrected chi connectivity index (χ3v) is 7.05. The molecule has 1 atom stereocenters. The summed E-state index contributed by atoms with van der Waals surface area (Å²) >= 11 is 0. The van der Waals surface area contributed by atoms with Crippen LogP contribution in [0.3, 0.4) is 0 Å². The van der Waals surface area contributed by atoms with Crippen LogP contribution in [-0.4, -0.2) is 47.9 Å². The summed E-state index contributed by atoms with van der Waals surface area (Å²) in [7, 11) is 0. The predicted octanol–water partition coefficient (Wildman–Crippen LogP) is 4.25. The van der Waals surface area contributed by atoms with Crippen molar-refractivity contribution < 1.29 is 9.59 Å². The molecule has 2 aliphatic rings. The van der Waals surface area contributed by atoms with Gasteiger partial charge in [0, 0.05) is 43.0 Å². The van der Waals surface area contributed by atoms with Gasteiger partial charge in [-0.3, -0.25) is 9.59 Å². The normalized spacial score (nSPS) is 19.5. The molecule has 0 bridgehead atoms. The topological polar surface area (TPSA) is 79.5 Å². The molecule has 2 aromatic rings. The summed E-state index contributed by atoms with van der Waals surface area (Å²) in [5.74, 6) is 1.15. The van der Waals surface area contributed by atoms with Crippen molar-refractivity contribution >= 4 is 18.1 Å². The smallest absolute Gasteiger partial charge is 0.248 e. The maximum absolute atomic E-state index is 11.6. The Morgan fingerprint density at radius 1 is 1.09 bits per heavy atom. The van der Waals surface area contributed by atoms with Gasteiger partial charge in [0.25, 0.3) is 0 Å². The van der Waals surface area contributed by atoms with E-state index in [9.17, 15) is 9.59 Å². The molecule has 1 aliphatic heterocycles. The van der Waals surface area contributed by atoms with E-state index in [4.69, 9.17) is 10.7 Å². The van der Waals surface area contributed by atoms with Gasteiger partial charge >= 0.3 is 0 Å². The minimum Gasteiger partial charge on any atom is -0.366 e. The molecular weight excluding hydrogens is 400 g/mol. The molecule has 2 heterocycles. The third-order valence-electron chi connectivity index (χ3n) is 7.05. The number of aromatic nitrogens is 1. The molecule has 2 fully saturated rings. The van der Waals surface area contributed by atoms with Crippen molar-refractivity contribution in [2.45, 2.75) is 57.4 Å². The molecule has 6 nitrogen and oxygen atoms in total. The van der Waals surface area contributed by atoms with Crippen molar-refractivity contribution in [1.29, 1.82) is 0 Å². The minimum absolute atomic E-state index is 0.424. The molecular formula is C26H34N4O2. The van der Waals surface area contributed by atoms with Gasteiger partial charge < -0.3 is 15.5 Å². The Morgan fingerprint density at radius 3 is 2.66 bits per heavy atom. The highest BCUT2D eigenvalue weighted by molar-refractivity contribution is 5.94. The van der Waals surface area contributed by atoms with Crippen LogP contribution in [0.4, 0.5) is 5.82 Å². The van der Waals surface area contributed by atoms with Gasteiger partial charge in [-0.2, -0.15) is 0 Å². The molecule has 0 radical (unpaired) electrons. The number of carbonyl (C=O) groups excluding carboxylic acids is 2. The van der Waals surface area contributed by atoms with E-state index in [1.165, 1.54) is 25.7 Å². The summed E-state index contributed by atoms with van der Waals surface area (Å²) in [6.07, 6.45) is 12.5. The molecule has 1 aromatic carbocycles. The van der Waals surface area contributed by atoms with Gasteiger partial charge in [-0.05, 0) is 67.9 Å². The van der Waals surface area contributed by atoms with Crippen LogP contribution in [0.25, 0.3) is 11.1 Å². The lowest BCUT2D eigenvalue weighted by molar-refractivity contribution is -0.121. The Bertz CT molecular complexity index is 908. The molecule has 32 heavy (non-hydrogen) atoms. The standard InChI is InChI=1S/C26H34N4O2/c27-26(32)22-8-4-7-21(16-22)23-11-12-25(28-17-23)29-14-5-6-20(18-29)13-15-30(19-31)24-9-2-1-3-10-24/h4,7-8,11-12,16-17,19-20,24H,1-3,5-6,9-10,13-15,18H2,(H2,27,32). The van der Waals surface area contributed by atoms with Crippen LogP contribution in [-0.2, 0) is 4.79 Å². The first-order valence-electron chi connectivity index (χ1n) is 12.0. The first kappa shape index (κ1) is 22.3. The lowest BCUT2D eigenvalue weighted by Gasteiger charge is -2.36. The van der Waals surface area contributed by atoms with Gasteiger partial charge in [-0.1, -0.05) is 31.4 Å². The molecule has 1 unspecified atom stereocenters. The number of primary amides is 1. The first-order chi connectivity index (χ1) is 15.6. The van der Waals surface area contributed by atoms with Crippen LogP contribution in [0.5, 0.6) is 0 Å². The fourth-order valence-corrected chi connectivity index (χ4v) is 5.17. The largest absolute Gasteiger partial charge is 0.366 e. The number of nitrogens with two attached hydrogens (primary N) is 1. The van der Waals surface area contributed by atoms with Crippen LogP contribution in [0, 0.1) is 5.92 Å². The van der Waals surface area contributed by atoms with Gasteiger partial charge in [0.15, 0.2) is 0 Å². The average Bonchev–Trinajstić information content (AvgIpc) is 2.85. The lowest BCUT2D eigenvalue weighted by Crippen LogP contribution is -2.40. The number of benzene rings is 1. The van der Waals surface area contributed by atoms with Crippen molar-refractivity contribution in [3.63, 3.8) is 0 Å². The van der Waals surface area contributed by atoms with Gasteiger partial charge in [0.2, 0.25) is 12.3 Å². The first-order valence-corrected chi connectivity index (χ1v) is 12.0. The number of carbonyl (C=O) groups is 2. The summed E-state index contributed by atoms with van der Waals surface area (Å²) < 4.78 is 0. The molecule has 0 spiro atoms. The zero-order chi connectivity index (χ0) is 22.3. The van der Waals surface area contributed by atoms with Crippen LogP contribution in [0.15, 0.2) is 42.6 Å². The van der Waals surface area contributed by atoms with Crippen LogP contribution < -0.4 is 10.6 Å². The molecule has 1 aliphatic carbocycles. The number of rotatable bonds is 8. The Morgan fingerprint density at radius 2 is 1.94 bits per heavy atom. The highest BCUT2D eigenvalue weighted by atomic mass is 16.1. The van der Waals surface area contributed by atoms with E-state index in [-0.39, 0.29) is 0 Å². The molecule has 2 N–H and O–H groups in total. The third kappa shape index (κ3) is 5.47. The van der Waals surface area contributed by atoms with E-state index in [0.29, 0.717) is 17.5 Å². The van der Waals surface area contributed by atoms with E-state index in [0.717, 1.165) is 68.7 Å². The van der Waals surface area contributed by atoms with Crippen LogP contribution in [0.2, 0.25) is 0 Å². The maximum atomic E-state index is 11.6. The summed E-state index contributed by atoms with van der Waals surface area (Å²) in [5, 5.41) is 0. The van der Waals surface area contributed by atoms with Crippen molar-refractivity contribution in [3.05, 3.63) is 48.2 Å². The molecule has 4 rings (SSSR count). The zero-order valence-corrected chi connectivity index (χ0v) is 18.8. The summed E-state index contributed by atoms with van der Waals surface area (Å²) in [6.45, 7) is 2.87. The quantitative estimate of drug-likeness (QED) is 0.630. The minimum atomic E-state index is -0.424. The van der Waals surface area contributed by atoms with E-state index >= 15 is 0 Å². The second-order valence-electron chi connectivity index (χ2n) is 9.23. The van der Waals surface area contributed by atoms with Gasteiger partial charge in [0.05, 0.1) is 0 Å². The number of hydrogen-bond donors (Lipinski definition) is 1. The van der Waals surface area contributed by atoms with Gasteiger partial charge in [-0.15, -0.1) is 0 Å². The van der Waals surface area contributed by atoms with E-state index in [1.54, 1.807) is 12.1 Å². The van der Waals surface area contributed by atoms with Crippen molar-refractivity contribution in [2.24, 2.45) is 11.7 Å². The van der Waals surface area contributed by atoms with Gasteiger partial charge in [-0.25, -0.2) is 4.98 Å². The van der Waals surface area contributed by atoms with E-state index < -0.39 is 5.91 Å². The molecule has 1 saturated carbocycles. The monoisotopic (exact) mass is 434 g/mol. The number of amides is 2. The van der Waals surface area contributed by atoms with E-state index in [2.05, 4.69) is 21.9 Å². The molecule has 170 valence electrons. The number of pyridine rings is 1. The van der Waals surface area contributed by atoms with Crippen LogP contribution in [0.1, 0.15) is 61.7 Å². The maximum Gasteiger partial charge on any atom is 0.248 e. The summed E-state index contributed by atoms with van der Waals surface area (Å²) in [4.78, 5) is 32.2. The Balaban J connectivity index is 1.35. The van der Waals surface area contributed by atoms with Crippen molar-refractivity contribution in [2.75, 3.05) is 24.5 Å². The SMILES string of the molecule is NC(=O)c1cccc(-c2ccc(N3CCCC(CCN(C=O)C4CCCCC4)C3)nc2)c1. The molecule has 1 aromatic heterocycles. The number of piperidine rings is 1. The molecule has 2 amide bonds. The second kappa shape index (κ2) is 10.6. The molecule has 1 saturated heterocycles.